The first-order chi connectivity index (χ1) is 24.6. The largest absolute Gasteiger partial charge is 0.454 e. The number of hydrogen-bond acceptors (Lipinski definition) is 7. The van der Waals surface area contributed by atoms with Crippen LogP contribution < -0.4 is 10.1 Å². The van der Waals surface area contributed by atoms with Gasteiger partial charge in [-0.2, -0.15) is 5.10 Å². The molecular formula is C39H39F2N5O5S. The van der Waals surface area contributed by atoms with Crippen molar-refractivity contribution in [3.05, 3.63) is 101 Å². The van der Waals surface area contributed by atoms with Crippen LogP contribution in [0.5, 0.6) is 11.5 Å². The quantitative estimate of drug-likeness (QED) is 0.149. The summed E-state index contributed by atoms with van der Waals surface area (Å²) in [5.74, 6) is -1.68. The van der Waals surface area contributed by atoms with Crippen LogP contribution in [-0.2, 0) is 38.3 Å². The number of aromatic nitrogens is 4. The minimum absolute atomic E-state index is 0.00744. The van der Waals surface area contributed by atoms with E-state index in [-0.39, 0.29) is 53.1 Å². The average molecular weight is 728 g/mol. The number of nitrogens with one attached hydrogen (secondary N) is 2. The molecule has 1 saturated heterocycles. The van der Waals surface area contributed by atoms with Gasteiger partial charge >= 0.3 is 0 Å². The van der Waals surface area contributed by atoms with Crippen LogP contribution in [0, 0.1) is 17.0 Å². The zero-order valence-electron chi connectivity index (χ0n) is 29.3. The molecule has 1 unspecified atom stereocenters. The standard InChI is InChI=1S/C39H39F2N5O5S/c1-38(2)13-6-14-39(3,25-8-5-7-23(18-25)17-24-19-33(47)43-36(24)48)37-44-35(46(4)45-37)29-20-26(9-10-30(29)40)51-34-28(12-16-52(49,50)22-38)27-11-15-42-32(27)21-31(34)41/h5,7-11,15,17-18,20-21,42H,6,12-14,16,19,22H2,1-4H3,(H,43,47,48)/b24-17-. The first-order valence-corrected chi connectivity index (χ1v) is 19.0. The van der Waals surface area contributed by atoms with E-state index in [0.717, 1.165) is 5.56 Å². The number of imide groups is 1. The number of H-pyrrole nitrogens is 1. The maximum Gasteiger partial charge on any atom is 0.254 e. The fourth-order valence-corrected chi connectivity index (χ4v) is 9.38. The molecule has 1 fully saturated rings. The predicted molar refractivity (Wildman–Crippen MR) is 193 cm³/mol. The molecular weight excluding hydrogens is 689 g/mol. The van der Waals surface area contributed by atoms with Gasteiger partial charge in [-0.05, 0) is 73.1 Å². The van der Waals surface area contributed by atoms with Gasteiger partial charge in [-0.15, -0.1) is 0 Å². The third-order valence-corrected chi connectivity index (χ3v) is 12.1. The first-order valence-electron chi connectivity index (χ1n) is 17.1. The monoisotopic (exact) mass is 727 g/mol. The maximum atomic E-state index is 15.7. The van der Waals surface area contributed by atoms with Gasteiger partial charge in [0.1, 0.15) is 11.6 Å². The number of nitrogens with zero attached hydrogens (tertiary/aromatic N) is 3. The summed E-state index contributed by atoms with van der Waals surface area (Å²) in [6.45, 7) is 5.84. The normalized spacial score (nSPS) is 21.3. The van der Waals surface area contributed by atoms with Gasteiger partial charge in [0.05, 0.1) is 28.9 Å². The summed E-state index contributed by atoms with van der Waals surface area (Å²) in [4.78, 5) is 32.0. The molecule has 0 radical (unpaired) electrons. The Morgan fingerprint density at radius 3 is 2.58 bits per heavy atom. The second-order valence-electron chi connectivity index (χ2n) is 14.8. The molecule has 7 rings (SSSR count). The molecule has 2 aliphatic heterocycles. The number of aryl methyl sites for hydroxylation is 2. The van der Waals surface area contributed by atoms with Crippen LogP contribution in [0.4, 0.5) is 8.78 Å². The first kappa shape index (κ1) is 35.2. The van der Waals surface area contributed by atoms with Crippen LogP contribution in [0.1, 0.15) is 69.0 Å². The number of amides is 2. The lowest BCUT2D eigenvalue weighted by Gasteiger charge is -2.30. The summed E-state index contributed by atoms with van der Waals surface area (Å²) < 4.78 is 66.3. The topological polar surface area (TPSA) is 136 Å². The summed E-state index contributed by atoms with van der Waals surface area (Å²) >= 11 is 0. The van der Waals surface area contributed by atoms with E-state index in [2.05, 4.69) is 10.3 Å². The van der Waals surface area contributed by atoms with E-state index in [9.17, 15) is 18.0 Å². The summed E-state index contributed by atoms with van der Waals surface area (Å²) in [5.41, 5.74) is 1.45. The SMILES string of the molecule is Cn1nc2nc1-c1cc(ccc1F)Oc1c(F)cc3[nH]ccc3c1CCS(=O)(=O)CC(C)(C)CCCC2(C)c1cccc(/C=C2/CC(=O)NC2=O)c1. The Labute approximate surface area is 300 Å². The molecule has 5 aromatic rings. The fraction of sp³-hybridized carbons (Fsp3) is 0.333. The molecule has 4 heterocycles. The van der Waals surface area contributed by atoms with E-state index in [1.807, 2.05) is 45.0 Å². The third-order valence-electron chi connectivity index (χ3n) is 10.1. The Morgan fingerprint density at radius 2 is 1.81 bits per heavy atom. The zero-order valence-corrected chi connectivity index (χ0v) is 30.2. The average Bonchev–Trinajstić information content (AvgIpc) is 3.78. The molecule has 0 aliphatic carbocycles. The molecule has 10 nitrogen and oxygen atoms in total. The molecule has 2 N–H and O–H groups in total. The number of benzene rings is 3. The van der Waals surface area contributed by atoms with Crippen molar-refractivity contribution in [3.8, 4) is 22.9 Å². The van der Waals surface area contributed by atoms with E-state index in [1.54, 1.807) is 25.4 Å². The number of carbonyl (C=O) groups is 2. The molecule has 0 saturated carbocycles. The van der Waals surface area contributed by atoms with E-state index in [4.69, 9.17) is 14.8 Å². The highest BCUT2D eigenvalue weighted by molar-refractivity contribution is 7.91. The lowest BCUT2D eigenvalue weighted by Crippen LogP contribution is -2.29. The highest BCUT2D eigenvalue weighted by atomic mass is 32.2. The molecule has 1 atom stereocenters. The Kier molecular flexibility index (Phi) is 8.88. The number of carbonyl (C=O) groups excluding carboxylic acids is 2. The van der Waals surface area contributed by atoms with Crippen molar-refractivity contribution in [2.75, 3.05) is 11.5 Å². The van der Waals surface area contributed by atoms with Gasteiger partial charge in [0.2, 0.25) is 5.91 Å². The fourth-order valence-electron chi connectivity index (χ4n) is 7.39. The van der Waals surface area contributed by atoms with Gasteiger partial charge in [-0.1, -0.05) is 44.5 Å². The number of aromatic amines is 1. The number of fused-ring (bicyclic) bond motifs is 8. The zero-order chi connectivity index (χ0) is 37.0. The smallest absolute Gasteiger partial charge is 0.254 e. The molecule has 13 heteroatoms. The van der Waals surface area contributed by atoms with Gasteiger partial charge in [0.15, 0.2) is 33.1 Å². The molecule has 2 aromatic heterocycles. The van der Waals surface area contributed by atoms with Crippen molar-refractivity contribution >= 4 is 38.6 Å². The molecule has 270 valence electrons. The summed E-state index contributed by atoms with van der Waals surface area (Å²) in [7, 11) is -1.94. The molecule has 4 bridgehead atoms. The van der Waals surface area contributed by atoms with Crippen molar-refractivity contribution in [1.82, 2.24) is 25.1 Å². The van der Waals surface area contributed by atoms with Crippen LogP contribution in [0.25, 0.3) is 28.4 Å². The number of rotatable bonds is 2. The lowest BCUT2D eigenvalue weighted by atomic mass is 9.75. The number of ether oxygens (including phenoxy) is 1. The van der Waals surface area contributed by atoms with Crippen molar-refractivity contribution in [2.24, 2.45) is 12.5 Å². The Bertz CT molecular complexity index is 2400. The van der Waals surface area contributed by atoms with Gasteiger partial charge in [-0.3, -0.25) is 14.9 Å². The second-order valence-corrected chi connectivity index (χ2v) is 17.0. The molecule has 3 aromatic carbocycles. The Balaban J connectivity index is 1.36. The maximum absolute atomic E-state index is 15.7. The van der Waals surface area contributed by atoms with Gasteiger partial charge in [0.25, 0.3) is 5.91 Å². The van der Waals surface area contributed by atoms with Crippen LogP contribution in [-0.4, -0.2) is 51.5 Å². The third kappa shape index (κ3) is 6.89. The summed E-state index contributed by atoms with van der Waals surface area (Å²) in [6.07, 6.45) is 5.02. The van der Waals surface area contributed by atoms with Gasteiger partial charge in [0, 0.05) is 41.4 Å². The predicted octanol–water partition coefficient (Wildman–Crippen LogP) is 6.94. The highest BCUT2D eigenvalue weighted by Crippen LogP contribution is 2.41. The van der Waals surface area contributed by atoms with Gasteiger partial charge < -0.3 is 9.72 Å². The number of halogens is 2. The van der Waals surface area contributed by atoms with Crippen LogP contribution in [0.15, 0.2) is 66.4 Å². The van der Waals surface area contributed by atoms with Crippen molar-refractivity contribution in [1.29, 1.82) is 0 Å². The number of sulfone groups is 1. The molecule has 52 heavy (non-hydrogen) atoms. The Morgan fingerprint density at radius 1 is 1.00 bits per heavy atom. The van der Waals surface area contributed by atoms with Crippen LogP contribution in [0.2, 0.25) is 0 Å². The summed E-state index contributed by atoms with van der Waals surface area (Å²) in [6, 6.07) is 14.6. The minimum atomic E-state index is -3.61. The van der Waals surface area contributed by atoms with Gasteiger partial charge in [-0.25, -0.2) is 26.9 Å². The minimum Gasteiger partial charge on any atom is -0.454 e. The van der Waals surface area contributed by atoms with Crippen LogP contribution in [0.3, 0.4) is 0 Å². The second kappa shape index (κ2) is 13.1. The number of hydrogen-bond donors (Lipinski definition) is 2. The summed E-state index contributed by atoms with van der Waals surface area (Å²) in [5, 5.41) is 7.75. The van der Waals surface area contributed by atoms with Crippen LogP contribution >= 0.6 is 0 Å². The molecule has 2 aliphatic rings. The van der Waals surface area contributed by atoms with Crippen molar-refractivity contribution < 1.29 is 31.5 Å². The molecule has 2 amide bonds. The van der Waals surface area contributed by atoms with E-state index >= 15 is 8.78 Å². The lowest BCUT2D eigenvalue weighted by molar-refractivity contribution is -0.124. The van der Waals surface area contributed by atoms with E-state index in [1.165, 1.54) is 28.9 Å². The molecule has 0 spiro atoms. The van der Waals surface area contributed by atoms with E-state index in [0.29, 0.717) is 52.7 Å². The highest BCUT2D eigenvalue weighted by Gasteiger charge is 2.36. The Hall–Kier alpha value is -5.17. The van der Waals surface area contributed by atoms with E-state index < -0.39 is 38.2 Å². The van der Waals surface area contributed by atoms with Crippen molar-refractivity contribution in [3.63, 3.8) is 0 Å². The van der Waals surface area contributed by atoms with Crippen molar-refractivity contribution in [2.45, 2.75) is 58.3 Å².